The minimum atomic E-state index is -0.651. The van der Waals surface area contributed by atoms with Crippen molar-refractivity contribution in [2.24, 2.45) is 5.73 Å². The molecule has 0 saturated heterocycles. The maximum absolute atomic E-state index is 11.2. The third kappa shape index (κ3) is 5.84. The molecule has 0 radical (unpaired) electrons. The first kappa shape index (κ1) is 13.4. The average molecular weight is 299 g/mol. The molecule has 17 heavy (non-hydrogen) atoms. The zero-order valence-corrected chi connectivity index (χ0v) is 10.4. The van der Waals surface area contributed by atoms with Crippen molar-refractivity contribution in [1.82, 2.24) is 5.48 Å². The number of halogens is 1. The molecule has 1 rings (SSSR count). The van der Waals surface area contributed by atoms with Gasteiger partial charge in [0.2, 0.25) is 5.91 Å². The van der Waals surface area contributed by atoms with Crippen molar-refractivity contribution < 1.29 is 14.4 Å². The van der Waals surface area contributed by atoms with Gasteiger partial charge in [-0.3, -0.25) is 14.4 Å². The zero-order chi connectivity index (χ0) is 12.7. The Morgan fingerprint density at radius 2 is 2.00 bits per heavy atom. The second-order valence-corrected chi connectivity index (χ2v) is 4.02. The topological polar surface area (TPSA) is 81.4 Å². The molecule has 0 fully saturated rings. The summed E-state index contributed by atoms with van der Waals surface area (Å²) in [6.07, 6.45) is 2.92. The molecule has 0 aliphatic rings. The van der Waals surface area contributed by atoms with Crippen molar-refractivity contribution in [3.8, 4) is 0 Å². The Hall–Kier alpha value is -1.66. The highest BCUT2D eigenvalue weighted by Gasteiger charge is 1.97. The van der Waals surface area contributed by atoms with Crippen LogP contribution in [0.15, 0.2) is 34.8 Å². The average Bonchev–Trinajstić information content (AvgIpc) is 2.28. The van der Waals surface area contributed by atoms with E-state index in [2.05, 4.69) is 26.2 Å². The van der Waals surface area contributed by atoms with Crippen LogP contribution in [-0.4, -0.2) is 18.4 Å². The van der Waals surface area contributed by atoms with Gasteiger partial charge in [0.05, 0.1) is 0 Å². The van der Waals surface area contributed by atoms with E-state index >= 15 is 0 Å². The summed E-state index contributed by atoms with van der Waals surface area (Å²) in [6, 6.07) is 7.42. The molecule has 2 amide bonds. The van der Waals surface area contributed by atoms with Gasteiger partial charge < -0.3 is 5.73 Å². The molecule has 1 aromatic rings. The standard InChI is InChI=1S/C11H11BrN2O3/c12-9-4-1-8(2-5-9)3-6-11(16)14-17-7-10(13)15/h1-6H,7H2,(H2,13,15)(H,14,16)/b6-3+. The lowest BCUT2D eigenvalue weighted by atomic mass is 10.2. The summed E-state index contributed by atoms with van der Waals surface area (Å²) in [5.74, 6) is -1.11. The summed E-state index contributed by atoms with van der Waals surface area (Å²) in [4.78, 5) is 26.0. The first-order valence-electron chi connectivity index (χ1n) is 4.71. The second-order valence-electron chi connectivity index (χ2n) is 3.11. The van der Waals surface area contributed by atoms with E-state index in [0.29, 0.717) is 0 Å². The van der Waals surface area contributed by atoms with Crippen LogP contribution in [0.4, 0.5) is 0 Å². The third-order valence-corrected chi connectivity index (χ3v) is 2.21. The van der Waals surface area contributed by atoms with Crippen LogP contribution < -0.4 is 11.2 Å². The van der Waals surface area contributed by atoms with E-state index in [0.717, 1.165) is 10.0 Å². The van der Waals surface area contributed by atoms with Gasteiger partial charge in [-0.05, 0) is 23.8 Å². The molecule has 5 nitrogen and oxygen atoms in total. The Labute approximate surface area is 107 Å². The molecule has 0 aromatic heterocycles. The molecule has 0 aliphatic heterocycles. The molecule has 0 saturated carbocycles. The lowest BCUT2D eigenvalue weighted by molar-refractivity contribution is -0.134. The van der Waals surface area contributed by atoms with Crippen molar-refractivity contribution in [1.29, 1.82) is 0 Å². The number of hydrogen-bond acceptors (Lipinski definition) is 3. The molecule has 0 aliphatic carbocycles. The molecule has 0 heterocycles. The first-order chi connectivity index (χ1) is 8.08. The summed E-state index contributed by atoms with van der Waals surface area (Å²) < 4.78 is 0.962. The van der Waals surface area contributed by atoms with Crippen LogP contribution in [-0.2, 0) is 14.4 Å². The number of hydroxylamine groups is 1. The van der Waals surface area contributed by atoms with Crippen LogP contribution in [0.1, 0.15) is 5.56 Å². The van der Waals surface area contributed by atoms with E-state index in [1.54, 1.807) is 6.08 Å². The van der Waals surface area contributed by atoms with Gasteiger partial charge in [0.1, 0.15) is 0 Å². The predicted octanol–water partition coefficient (Wildman–Crippen LogP) is 0.995. The number of hydrogen-bond donors (Lipinski definition) is 2. The summed E-state index contributed by atoms with van der Waals surface area (Å²) in [7, 11) is 0. The predicted molar refractivity (Wildman–Crippen MR) is 66.5 cm³/mol. The molecule has 0 bridgehead atoms. The SMILES string of the molecule is NC(=O)CONC(=O)/C=C/c1ccc(Br)cc1. The van der Waals surface area contributed by atoms with E-state index in [9.17, 15) is 9.59 Å². The van der Waals surface area contributed by atoms with Crippen LogP contribution in [0.25, 0.3) is 6.08 Å². The molecule has 90 valence electrons. The smallest absolute Gasteiger partial charge is 0.267 e. The summed E-state index contributed by atoms with van der Waals surface area (Å²) in [6.45, 7) is -0.349. The van der Waals surface area contributed by atoms with Crippen LogP contribution >= 0.6 is 15.9 Å². The summed E-state index contributed by atoms with van der Waals surface area (Å²) in [5, 5.41) is 0. The van der Waals surface area contributed by atoms with Crippen molar-refractivity contribution in [2.45, 2.75) is 0 Å². The van der Waals surface area contributed by atoms with Crippen molar-refractivity contribution in [2.75, 3.05) is 6.61 Å². The van der Waals surface area contributed by atoms with E-state index in [1.807, 2.05) is 24.3 Å². The number of rotatable bonds is 5. The van der Waals surface area contributed by atoms with Crippen LogP contribution in [0.2, 0.25) is 0 Å². The summed E-state index contributed by atoms with van der Waals surface area (Å²) in [5.41, 5.74) is 7.75. The van der Waals surface area contributed by atoms with Crippen molar-refractivity contribution in [3.05, 3.63) is 40.4 Å². The summed E-state index contributed by atoms with van der Waals surface area (Å²) >= 11 is 3.31. The zero-order valence-electron chi connectivity index (χ0n) is 8.85. The number of nitrogens with two attached hydrogens (primary N) is 1. The second kappa shape index (κ2) is 6.82. The Bertz CT molecular complexity index is 429. The van der Waals surface area contributed by atoms with Crippen molar-refractivity contribution in [3.63, 3.8) is 0 Å². The van der Waals surface area contributed by atoms with Crippen LogP contribution in [0, 0.1) is 0 Å². The monoisotopic (exact) mass is 298 g/mol. The van der Waals surface area contributed by atoms with E-state index in [4.69, 9.17) is 5.73 Å². The van der Waals surface area contributed by atoms with Crippen molar-refractivity contribution >= 4 is 33.8 Å². The van der Waals surface area contributed by atoms with Crippen LogP contribution in [0.5, 0.6) is 0 Å². The normalized spacial score (nSPS) is 10.4. The highest BCUT2D eigenvalue weighted by molar-refractivity contribution is 9.10. The van der Waals surface area contributed by atoms with E-state index in [1.165, 1.54) is 6.08 Å². The molecule has 0 spiro atoms. The number of nitrogens with one attached hydrogen (secondary N) is 1. The molecule has 0 unspecified atom stereocenters. The van der Waals surface area contributed by atoms with Gasteiger partial charge in [-0.25, -0.2) is 5.48 Å². The van der Waals surface area contributed by atoms with Gasteiger partial charge >= 0.3 is 0 Å². The molecule has 1 aromatic carbocycles. The number of amides is 2. The largest absolute Gasteiger partial charge is 0.368 e. The van der Waals surface area contributed by atoms with Gasteiger partial charge in [0.15, 0.2) is 6.61 Å². The lowest BCUT2D eigenvalue weighted by Crippen LogP contribution is -2.28. The van der Waals surface area contributed by atoms with Gasteiger partial charge in [0, 0.05) is 10.5 Å². The molecular weight excluding hydrogens is 288 g/mol. The lowest BCUT2D eigenvalue weighted by Gasteiger charge is -1.99. The first-order valence-corrected chi connectivity index (χ1v) is 5.51. The maximum atomic E-state index is 11.2. The Balaban J connectivity index is 2.40. The molecule has 6 heteroatoms. The van der Waals surface area contributed by atoms with E-state index in [-0.39, 0.29) is 6.61 Å². The number of benzene rings is 1. The minimum absolute atomic E-state index is 0.349. The van der Waals surface area contributed by atoms with Gasteiger partial charge in [-0.2, -0.15) is 0 Å². The molecular formula is C11H11BrN2O3. The maximum Gasteiger partial charge on any atom is 0.267 e. The molecule has 3 N–H and O–H groups in total. The van der Waals surface area contributed by atoms with Gasteiger partial charge in [0.25, 0.3) is 5.91 Å². The van der Waals surface area contributed by atoms with Gasteiger partial charge in [-0.1, -0.05) is 28.1 Å². The van der Waals surface area contributed by atoms with E-state index < -0.39 is 11.8 Å². The highest BCUT2D eigenvalue weighted by Crippen LogP contribution is 2.11. The number of carbonyl (C=O) groups is 2. The fourth-order valence-corrected chi connectivity index (χ4v) is 1.22. The Morgan fingerprint density at radius 3 is 2.59 bits per heavy atom. The Kier molecular flexibility index (Phi) is 5.38. The quantitative estimate of drug-likeness (QED) is 0.628. The number of carbonyl (C=O) groups excluding carboxylic acids is 2. The molecule has 0 atom stereocenters. The Morgan fingerprint density at radius 1 is 1.35 bits per heavy atom. The highest BCUT2D eigenvalue weighted by atomic mass is 79.9. The third-order valence-electron chi connectivity index (χ3n) is 1.68. The fraction of sp³-hybridized carbons (Fsp3) is 0.0909. The fourth-order valence-electron chi connectivity index (χ4n) is 0.958. The van der Waals surface area contributed by atoms with Crippen LogP contribution in [0.3, 0.4) is 0 Å². The minimum Gasteiger partial charge on any atom is -0.368 e. The number of primary amides is 1. The van der Waals surface area contributed by atoms with Gasteiger partial charge in [-0.15, -0.1) is 0 Å².